The monoisotopic (exact) mass is 680 g/mol. The largest absolute Gasteiger partial charge is 0.307 e. The number of hydrogen-bond acceptors (Lipinski definition) is 1. The number of aryl methyl sites for hydroxylation is 2. The van der Waals surface area contributed by atoms with Crippen LogP contribution in [0.15, 0.2) is 54.9 Å². The average Bonchev–Trinajstić information content (AvgIpc) is 3.25. The zero-order valence-corrected chi connectivity index (χ0v) is 29.3. The molecule has 7 aromatic rings. The molecule has 4 heteroatoms. The first-order chi connectivity index (χ1) is 20.2. The Morgan fingerprint density at radius 2 is 1.60 bits per heavy atom. The zero-order chi connectivity index (χ0) is 30.6. The van der Waals surface area contributed by atoms with Crippen LogP contribution in [0, 0.1) is 18.3 Å². The average molecular weight is 681 g/mol. The lowest BCUT2D eigenvalue weighted by Gasteiger charge is -2.24. The number of fused-ring (bicyclic) bond motifs is 7. The maximum Gasteiger partial charge on any atom is 0.287 e. The van der Waals surface area contributed by atoms with Gasteiger partial charge >= 0.3 is 0 Å². The molecule has 7 rings (SSSR count). The number of alkyl halides is 1. The Labute approximate surface area is 268 Å². The molecule has 0 saturated heterocycles. The summed E-state index contributed by atoms with van der Waals surface area (Å²) in [6, 6.07) is 18.8. The predicted octanol–water partition coefficient (Wildman–Crippen LogP) is 10.2. The summed E-state index contributed by atoms with van der Waals surface area (Å²) in [7, 11) is 2.18. The topological polar surface area (TPSA) is 21.2 Å². The second kappa shape index (κ2) is 9.76. The van der Waals surface area contributed by atoms with Crippen LogP contribution in [-0.2, 0) is 26.3 Å². The molecule has 0 unspecified atom stereocenters. The van der Waals surface area contributed by atoms with Crippen molar-refractivity contribution in [2.75, 3.05) is 0 Å². The Morgan fingerprint density at radius 3 is 2.30 bits per heavy atom. The molecule has 3 aromatic heterocycles. The predicted molar refractivity (Wildman–Crippen MR) is 193 cm³/mol. The van der Waals surface area contributed by atoms with Gasteiger partial charge in [-0.15, -0.1) is 0 Å². The summed E-state index contributed by atoms with van der Waals surface area (Å²) in [4.78, 5) is 5.05. The molecule has 4 aromatic carbocycles. The summed E-state index contributed by atoms with van der Waals surface area (Å²) in [5.74, 6) is 0.557. The highest BCUT2D eigenvalue weighted by atomic mass is 127. The standard InChI is InChI=1S/C39H43IN3/c1-22(2)16-25-18-30-34-36(42(9)21-41-30)32-23(3)28-17-24(19-38(4,5)6)14-15-26(28)29(20-39(7,8)40)35(32)43-31-13-11-10-12-27(31)33(25)37(34)43/h10-15,17-18,21-22H,16,19-20H2,1-9H3/q+1. The minimum absolute atomic E-state index is 0.0927. The van der Waals surface area contributed by atoms with Crippen LogP contribution in [0.1, 0.15) is 70.7 Å². The zero-order valence-electron chi connectivity index (χ0n) is 27.1. The molecule has 0 bridgehead atoms. The van der Waals surface area contributed by atoms with E-state index in [-0.39, 0.29) is 8.84 Å². The number of rotatable bonds is 5. The molecule has 3 nitrogen and oxygen atoms in total. The van der Waals surface area contributed by atoms with Crippen molar-refractivity contribution in [1.82, 2.24) is 9.38 Å². The Balaban J connectivity index is 1.81. The van der Waals surface area contributed by atoms with Crippen LogP contribution in [0.2, 0.25) is 0 Å². The van der Waals surface area contributed by atoms with Gasteiger partial charge in [-0.2, -0.15) is 0 Å². The number of hydrogen-bond donors (Lipinski definition) is 0. The second-order valence-electron chi connectivity index (χ2n) is 15.1. The molecule has 0 aliphatic carbocycles. The van der Waals surface area contributed by atoms with Gasteiger partial charge in [-0.1, -0.05) is 107 Å². The molecule has 0 amide bonds. The smallest absolute Gasteiger partial charge is 0.287 e. The van der Waals surface area contributed by atoms with Crippen LogP contribution in [-0.4, -0.2) is 12.8 Å². The van der Waals surface area contributed by atoms with Crippen molar-refractivity contribution in [2.45, 2.75) is 78.1 Å². The molecular formula is C39H43IN3+. The molecule has 43 heavy (non-hydrogen) atoms. The fourth-order valence-corrected chi connectivity index (χ4v) is 8.08. The van der Waals surface area contributed by atoms with Crippen molar-refractivity contribution in [3.05, 3.63) is 77.1 Å². The van der Waals surface area contributed by atoms with E-state index < -0.39 is 0 Å². The fraction of sp³-hybridized carbons (Fsp3) is 0.385. The number of para-hydroxylation sites is 1. The lowest BCUT2D eigenvalue weighted by molar-refractivity contribution is -0.646. The molecule has 0 N–H and O–H groups in total. The van der Waals surface area contributed by atoms with Gasteiger partial charge in [0.1, 0.15) is 5.52 Å². The summed E-state index contributed by atoms with van der Waals surface area (Å²) in [5, 5.41) is 8.16. The summed E-state index contributed by atoms with van der Waals surface area (Å²) in [6.07, 6.45) is 5.11. The van der Waals surface area contributed by atoms with E-state index in [1.54, 1.807) is 0 Å². The van der Waals surface area contributed by atoms with Gasteiger partial charge < -0.3 is 4.40 Å². The lowest BCUT2D eigenvalue weighted by atomic mass is 9.84. The second-order valence-corrected chi connectivity index (χ2v) is 18.1. The van der Waals surface area contributed by atoms with Crippen LogP contribution in [0.4, 0.5) is 0 Å². The SMILES string of the molecule is Cc1c2cc(CC(C)(C)C)ccc2c(CC(C)(C)I)c2c1c1c3c(cc(CC(C)C)c4c5ccccc5n2c43)nc[n+]1C. The van der Waals surface area contributed by atoms with Crippen molar-refractivity contribution in [3.8, 4) is 0 Å². The minimum Gasteiger partial charge on any atom is -0.307 e. The van der Waals surface area contributed by atoms with E-state index in [0.717, 1.165) is 24.8 Å². The molecule has 0 radical (unpaired) electrons. The van der Waals surface area contributed by atoms with Crippen molar-refractivity contribution < 1.29 is 4.57 Å². The van der Waals surface area contributed by atoms with Crippen LogP contribution in [0.5, 0.6) is 0 Å². The summed E-state index contributed by atoms with van der Waals surface area (Å²) in [5.41, 5.74) is 12.2. The summed E-state index contributed by atoms with van der Waals surface area (Å²) >= 11 is 2.65. The van der Waals surface area contributed by atoms with E-state index in [1.165, 1.54) is 76.6 Å². The Kier molecular flexibility index (Phi) is 6.52. The van der Waals surface area contributed by atoms with Crippen LogP contribution < -0.4 is 4.57 Å². The highest BCUT2D eigenvalue weighted by molar-refractivity contribution is 14.1. The highest BCUT2D eigenvalue weighted by Crippen LogP contribution is 2.46. The van der Waals surface area contributed by atoms with Crippen molar-refractivity contribution in [1.29, 1.82) is 0 Å². The first-order valence-corrected chi connectivity index (χ1v) is 16.8. The number of nitrogens with zero attached hydrogens (tertiary/aromatic N) is 3. The van der Waals surface area contributed by atoms with E-state index in [4.69, 9.17) is 4.98 Å². The third kappa shape index (κ3) is 4.58. The van der Waals surface area contributed by atoms with Gasteiger partial charge in [-0.25, -0.2) is 4.57 Å². The maximum absolute atomic E-state index is 5.05. The maximum atomic E-state index is 5.05. The lowest BCUT2D eigenvalue weighted by Crippen LogP contribution is -2.30. The van der Waals surface area contributed by atoms with Crippen LogP contribution >= 0.6 is 22.6 Å². The number of aromatic nitrogens is 3. The van der Waals surface area contributed by atoms with Crippen LogP contribution in [0.3, 0.4) is 0 Å². The normalized spacial score (nSPS) is 13.4. The van der Waals surface area contributed by atoms with Gasteiger partial charge in [0.15, 0.2) is 5.52 Å². The highest BCUT2D eigenvalue weighted by Gasteiger charge is 2.30. The van der Waals surface area contributed by atoms with E-state index in [9.17, 15) is 0 Å². The summed E-state index contributed by atoms with van der Waals surface area (Å²) < 4.78 is 5.00. The van der Waals surface area contributed by atoms with Crippen molar-refractivity contribution in [2.24, 2.45) is 18.4 Å². The van der Waals surface area contributed by atoms with Crippen LogP contribution in [0.25, 0.3) is 59.9 Å². The molecule has 0 saturated carbocycles. The van der Waals surface area contributed by atoms with Gasteiger partial charge in [0.25, 0.3) is 6.33 Å². The fourth-order valence-electron chi connectivity index (χ4n) is 7.70. The van der Waals surface area contributed by atoms with Gasteiger partial charge in [-0.05, 0) is 87.7 Å². The molecule has 0 aliphatic rings. The Morgan fingerprint density at radius 1 is 0.860 bits per heavy atom. The third-order valence-corrected chi connectivity index (χ3v) is 9.47. The Hall–Kier alpha value is -2.99. The molecule has 0 fully saturated rings. The van der Waals surface area contributed by atoms with Gasteiger partial charge in [-0.3, -0.25) is 0 Å². The molecule has 3 heterocycles. The van der Waals surface area contributed by atoms with Gasteiger partial charge in [0.05, 0.1) is 34.4 Å². The molecule has 0 aliphatic heterocycles. The molecular weight excluding hydrogens is 637 g/mol. The van der Waals surface area contributed by atoms with Crippen molar-refractivity contribution >= 4 is 82.5 Å². The Bertz CT molecular complexity index is 2220. The van der Waals surface area contributed by atoms with E-state index in [2.05, 4.69) is 143 Å². The van der Waals surface area contributed by atoms with Gasteiger partial charge in [0.2, 0.25) is 0 Å². The molecule has 220 valence electrons. The first kappa shape index (κ1) is 28.8. The van der Waals surface area contributed by atoms with E-state index in [0.29, 0.717) is 5.92 Å². The molecule has 0 atom stereocenters. The first-order valence-electron chi connectivity index (χ1n) is 15.7. The number of benzene rings is 4. The third-order valence-electron chi connectivity index (χ3n) is 9.09. The van der Waals surface area contributed by atoms with E-state index in [1.807, 2.05) is 6.33 Å². The molecule has 0 spiro atoms. The summed E-state index contributed by atoms with van der Waals surface area (Å²) in [6.45, 7) is 18.7. The minimum atomic E-state index is 0.0927. The number of halogens is 1. The number of pyridine rings is 1. The van der Waals surface area contributed by atoms with Gasteiger partial charge in [0, 0.05) is 14.2 Å². The van der Waals surface area contributed by atoms with E-state index >= 15 is 0 Å². The quantitative estimate of drug-likeness (QED) is 0.0583. The van der Waals surface area contributed by atoms with Crippen molar-refractivity contribution in [3.63, 3.8) is 0 Å².